The summed E-state index contributed by atoms with van der Waals surface area (Å²) in [6.45, 7) is 9.21. The van der Waals surface area contributed by atoms with Gasteiger partial charge >= 0.3 is 0 Å². The second kappa shape index (κ2) is 10.8. The van der Waals surface area contributed by atoms with Gasteiger partial charge in [-0.1, -0.05) is 47.7 Å². The number of amides is 1. The molecule has 0 aliphatic rings. The Balaban J connectivity index is 1.32. The van der Waals surface area contributed by atoms with E-state index in [-0.39, 0.29) is 11.7 Å². The number of nitrogens with one attached hydrogen (secondary N) is 1. The Hall–Kier alpha value is -3.17. The highest BCUT2D eigenvalue weighted by Gasteiger charge is 2.15. The Kier molecular flexibility index (Phi) is 7.64. The lowest BCUT2D eigenvalue weighted by Gasteiger charge is -2.10. The molecule has 176 valence electrons. The molecule has 2 aromatic heterocycles. The summed E-state index contributed by atoms with van der Waals surface area (Å²) in [4.78, 5) is 17.0. The number of anilines is 1. The van der Waals surface area contributed by atoms with Crippen molar-refractivity contribution in [2.75, 3.05) is 11.1 Å². The lowest BCUT2D eigenvalue weighted by molar-refractivity contribution is -0.113. The van der Waals surface area contributed by atoms with Gasteiger partial charge in [0.25, 0.3) is 0 Å². The third-order valence-corrected chi connectivity index (χ3v) is 7.11. The Morgan fingerprint density at radius 2 is 1.88 bits per heavy atom. The van der Waals surface area contributed by atoms with Crippen LogP contribution in [0.15, 0.2) is 53.0 Å². The number of thiazole rings is 1. The highest BCUT2D eigenvalue weighted by Crippen LogP contribution is 2.26. The van der Waals surface area contributed by atoms with E-state index in [0.29, 0.717) is 23.4 Å². The molecule has 0 atom stereocenters. The fourth-order valence-electron chi connectivity index (χ4n) is 3.28. The topological polar surface area (TPSA) is 81.9 Å². The summed E-state index contributed by atoms with van der Waals surface area (Å²) < 4.78 is 7.88. The van der Waals surface area contributed by atoms with Crippen molar-refractivity contribution in [1.29, 1.82) is 0 Å². The van der Waals surface area contributed by atoms with Gasteiger partial charge in [0, 0.05) is 17.5 Å². The molecule has 1 N–H and O–H groups in total. The van der Waals surface area contributed by atoms with Crippen LogP contribution >= 0.6 is 23.1 Å². The Bertz CT molecular complexity index is 1280. The monoisotopic (exact) mass is 493 g/mol. The lowest BCUT2D eigenvalue weighted by atomic mass is 10.1. The summed E-state index contributed by atoms with van der Waals surface area (Å²) in [5, 5.41) is 14.6. The van der Waals surface area contributed by atoms with Crippen molar-refractivity contribution in [3.63, 3.8) is 0 Å². The van der Waals surface area contributed by atoms with E-state index in [0.717, 1.165) is 22.8 Å². The van der Waals surface area contributed by atoms with E-state index >= 15 is 0 Å². The molecule has 0 aliphatic carbocycles. The summed E-state index contributed by atoms with van der Waals surface area (Å²) in [7, 11) is 0. The van der Waals surface area contributed by atoms with Crippen LogP contribution in [-0.4, -0.2) is 31.4 Å². The molecule has 0 aliphatic heterocycles. The molecule has 0 saturated heterocycles. The van der Waals surface area contributed by atoms with E-state index in [4.69, 9.17) is 4.74 Å². The van der Waals surface area contributed by atoms with E-state index in [1.807, 2.05) is 54.1 Å². The molecule has 0 saturated carbocycles. The Morgan fingerprint density at radius 3 is 2.62 bits per heavy atom. The molecular weight excluding hydrogens is 466 g/mol. The van der Waals surface area contributed by atoms with Gasteiger partial charge < -0.3 is 14.6 Å². The van der Waals surface area contributed by atoms with Gasteiger partial charge in [0.2, 0.25) is 5.91 Å². The highest BCUT2D eigenvalue weighted by atomic mass is 32.2. The summed E-state index contributed by atoms with van der Waals surface area (Å²) >= 11 is 2.76. The van der Waals surface area contributed by atoms with Crippen LogP contribution in [0.25, 0.3) is 11.3 Å². The molecule has 0 fully saturated rings. The first-order chi connectivity index (χ1) is 16.4. The molecule has 2 aromatic carbocycles. The minimum Gasteiger partial charge on any atom is -0.486 e. The van der Waals surface area contributed by atoms with Gasteiger partial charge in [0.05, 0.1) is 11.4 Å². The van der Waals surface area contributed by atoms with Crippen LogP contribution in [0.4, 0.5) is 5.13 Å². The SMILES string of the molecule is CCn1c(COc2ccc(C)c(C)c2)nnc1SCC(=O)Nc1nc(-c2ccc(C)cc2)cs1. The van der Waals surface area contributed by atoms with Crippen molar-refractivity contribution in [2.24, 2.45) is 0 Å². The van der Waals surface area contributed by atoms with Gasteiger partial charge in [-0.25, -0.2) is 4.98 Å². The summed E-state index contributed by atoms with van der Waals surface area (Å²) in [6, 6.07) is 14.2. The number of carbonyl (C=O) groups excluding carboxylic acids is 1. The van der Waals surface area contributed by atoms with E-state index in [9.17, 15) is 4.79 Å². The number of aromatic nitrogens is 4. The minimum absolute atomic E-state index is 0.131. The summed E-state index contributed by atoms with van der Waals surface area (Å²) in [5.41, 5.74) is 5.49. The number of thioether (sulfide) groups is 1. The summed E-state index contributed by atoms with van der Waals surface area (Å²) in [6.07, 6.45) is 0. The Morgan fingerprint density at radius 1 is 1.09 bits per heavy atom. The second-order valence-corrected chi connectivity index (χ2v) is 9.72. The molecule has 0 radical (unpaired) electrons. The predicted octanol–water partition coefficient (Wildman–Crippen LogP) is 5.66. The normalized spacial score (nSPS) is 10.9. The first kappa shape index (κ1) is 24.0. The van der Waals surface area contributed by atoms with Gasteiger partial charge in [-0.15, -0.1) is 21.5 Å². The standard InChI is InChI=1S/C25H27N5O2S2/c1-5-30-22(13-32-20-11-8-17(3)18(4)12-20)28-29-25(30)34-15-23(31)27-24-26-21(14-33-24)19-9-6-16(2)7-10-19/h6-12,14H,5,13,15H2,1-4H3,(H,26,27,31). The number of benzene rings is 2. The molecule has 7 nitrogen and oxygen atoms in total. The van der Waals surface area contributed by atoms with E-state index in [2.05, 4.69) is 46.5 Å². The third kappa shape index (κ3) is 5.84. The average molecular weight is 494 g/mol. The van der Waals surface area contributed by atoms with Crippen molar-refractivity contribution in [3.8, 4) is 17.0 Å². The van der Waals surface area contributed by atoms with Gasteiger partial charge in [-0.3, -0.25) is 4.79 Å². The van der Waals surface area contributed by atoms with Gasteiger partial charge in [-0.2, -0.15) is 0 Å². The fraction of sp³-hybridized carbons (Fsp3) is 0.280. The van der Waals surface area contributed by atoms with Crippen molar-refractivity contribution in [2.45, 2.75) is 46.0 Å². The number of hydrogen-bond donors (Lipinski definition) is 1. The fourth-order valence-corrected chi connectivity index (χ4v) is 4.83. The van der Waals surface area contributed by atoms with Crippen molar-refractivity contribution >= 4 is 34.1 Å². The largest absolute Gasteiger partial charge is 0.486 e. The first-order valence-corrected chi connectivity index (χ1v) is 12.9. The van der Waals surface area contributed by atoms with Crippen molar-refractivity contribution in [1.82, 2.24) is 19.7 Å². The smallest absolute Gasteiger partial charge is 0.236 e. The highest BCUT2D eigenvalue weighted by molar-refractivity contribution is 7.99. The van der Waals surface area contributed by atoms with Crippen LogP contribution in [-0.2, 0) is 17.9 Å². The lowest BCUT2D eigenvalue weighted by Crippen LogP contribution is -2.14. The second-order valence-electron chi connectivity index (χ2n) is 7.92. The minimum atomic E-state index is -0.131. The molecule has 4 aromatic rings. The zero-order chi connectivity index (χ0) is 24.1. The first-order valence-electron chi connectivity index (χ1n) is 11.0. The molecule has 0 unspecified atom stereocenters. The maximum atomic E-state index is 12.5. The van der Waals surface area contributed by atoms with Crippen molar-refractivity contribution in [3.05, 3.63) is 70.4 Å². The van der Waals surface area contributed by atoms with Crippen molar-refractivity contribution < 1.29 is 9.53 Å². The molecular formula is C25H27N5O2S2. The van der Waals surface area contributed by atoms with E-state index in [1.54, 1.807) is 0 Å². The maximum absolute atomic E-state index is 12.5. The zero-order valence-corrected chi connectivity index (χ0v) is 21.3. The number of ether oxygens (including phenoxy) is 1. The molecule has 4 rings (SSSR count). The van der Waals surface area contributed by atoms with Crippen LogP contribution in [0.3, 0.4) is 0 Å². The number of hydrogen-bond acceptors (Lipinski definition) is 7. The van der Waals surface area contributed by atoms with Crippen LogP contribution < -0.4 is 10.1 Å². The summed E-state index contributed by atoms with van der Waals surface area (Å²) in [5.74, 6) is 1.62. The average Bonchev–Trinajstić information content (AvgIpc) is 3.45. The number of rotatable bonds is 9. The molecule has 0 spiro atoms. The van der Waals surface area contributed by atoms with Crippen LogP contribution in [0.5, 0.6) is 5.75 Å². The van der Waals surface area contributed by atoms with E-state index < -0.39 is 0 Å². The predicted molar refractivity (Wildman–Crippen MR) is 138 cm³/mol. The number of aryl methyl sites for hydroxylation is 3. The number of carbonyl (C=O) groups is 1. The zero-order valence-electron chi connectivity index (χ0n) is 19.7. The quantitative estimate of drug-likeness (QED) is 0.303. The third-order valence-electron chi connectivity index (χ3n) is 5.39. The van der Waals surface area contributed by atoms with Crippen LogP contribution in [0.1, 0.15) is 29.4 Å². The number of nitrogens with zero attached hydrogens (tertiary/aromatic N) is 4. The molecule has 1 amide bonds. The maximum Gasteiger partial charge on any atom is 0.236 e. The van der Waals surface area contributed by atoms with Gasteiger partial charge in [0.1, 0.15) is 12.4 Å². The molecule has 9 heteroatoms. The molecule has 34 heavy (non-hydrogen) atoms. The van der Waals surface area contributed by atoms with Crippen LogP contribution in [0, 0.1) is 20.8 Å². The van der Waals surface area contributed by atoms with E-state index in [1.165, 1.54) is 39.8 Å². The molecule has 0 bridgehead atoms. The van der Waals surface area contributed by atoms with Gasteiger partial charge in [-0.05, 0) is 51.0 Å². The Labute approximate surface area is 207 Å². The van der Waals surface area contributed by atoms with Gasteiger partial charge in [0.15, 0.2) is 16.1 Å². The van der Waals surface area contributed by atoms with Crippen LogP contribution in [0.2, 0.25) is 0 Å². The molecule has 2 heterocycles.